The molecule has 2 heterocycles. The van der Waals surface area contributed by atoms with Gasteiger partial charge in [-0.25, -0.2) is 13.1 Å². The van der Waals surface area contributed by atoms with E-state index in [-0.39, 0.29) is 11.4 Å². The van der Waals surface area contributed by atoms with Crippen LogP contribution in [0.2, 0.25) is 0 Å². The molecule has 1 N–H and O–H groups in total. The molecule has 7 heteroatoms. The van der Waals surface area contributed by atoms with Crippen LogP contribution in [0.4, 0.5) is 0 Å². The predicted molar refractivity (Wildman–Crippen MR) is 107 cm³/mol. The molecule has 2 aromatic carbocycles. The van der Waals surface area contributed by atoms with Gasteiger partial charge in [0.1, 0.15) is 13.2 Å². The van der Waals surface area contributed by atoms with E-state index in [1.54, 1.807) is 12.1 Å². The van der Waals surface area contributed by atoms with Crippen LogP contribution in [0.3, 0.4) is 0 Å². The number of likely N-dealkylation sites (tertiary alicyclic amines) is 1. The lowest BCUT2D eigenvalue weighted by atomic mass is 10.1. The normalized spacial score (nSPS) is 17.4. The predicted octanol–water partition coefficient (Wildman–Crippen LogP) is 2.92. The zero-order valence-corrected chi connectivity index (χ0v) is 16.7. The molecule has 0 atom stereocenters. The second-order valence-electron chi connectivity index (χ2n) is 7.29. The van der Waals surface area contributed by atoms with Crippen molar-refractivity contribution < 1.29 is 17.9 Å². The fraction of sp³-hybridized carbons (Fsp3) is 0.429. The Morgan fingerprint density at radius 1 is 0.893 bits per heavy atom. The van der Waals surface area contributed by atoms with Crippen molar-refractivity contribution >= 4 is 10.0 Å². The number of fused-ring (bicyclic) bond motifs is 1. The summed E-state index contributed by atoms with van der Waals surface area (Å²) in [6.07, 6.45) is 3.84. The van der Waals surface area contributed by atoms with E-state index in [2.05, 4.69) is 21.8 Å². The monoisotopic (exact) mass is 402 g/mol. The van der Waals surface area contributed by atoms with Crippen LogP contribution in [-0.4, -0.2) is 39.6 Å². The van der Waals surface area contributed by atoms with E-state index in [9.17, 15) is 8.42 Å². The van der Waals surface area contributed by atoms with Crippen LogP contribution in [0.25, 0.3) is 0 Å². The molecule has 0 bridgehead atoms. The molecule has 0 unspecified atom stereocenters. The van der Waals surface area contributed by atoms with Gasteiger partial charge in [0.2, 0.25) is 10.0 Å². The summed E-state index contributed by atoms with van der Waals surface area (Å²) in [6, 6.07) is 12.8. The van der Waals surface area contributed by atoms with Gasteiger partial charge < -0.3 is 9.47 Å². The summed E-state index contributed by atoms with van der Waals surface area (Å²) in [6.45, 7) is 4.36. The fourth-order valence-electron chi connectivity index (χ4n) is 3.67. The number of ether oxygens (including phenoxy) is 2. The molecule has 2 aliphatic heterocycles. The summed E-state index contributed by atoms with van der Waals surface area (Å²) in [5.41, 5.74) is 2.17. The van der Waals surface area contributed by atoms with Gasteiger partial charge in [-0.1, -0.05) is 30.7 Å². The van der Waals surface area contributed by atoms with E-state index in [0.717, 1.165) is 25.2 Å². The van der Waals surface area contributed by atoms with E-state index < -0.39 is 10.0 Å². The summed E-state index contributed by atoms with van der Waals surface area (Å²) in [5.74, 6) is 1.05. The van der Waals surface area contributed by atoms with Gasteiger partial charge in [0.05, 0.1) is 4.90 Å². The van der Waals surface area contributed by atoms with Crippen molar-refractivity contribution in [2.24, 2.45) is 0 Å². The second kappa shape index (κ2) is 8.51. The Kier molecular flexibility index (Phi) is 5.85. The molecule has 2 aromatic rings. The lowest BCUT2D eigenvalue weighted by Gasteiger charge is -2.26. The molecule has 4 rings (SSSR count). The summed E-state index contributed by atoms with van der Waals surface area (Å²) < 4.78 is 39.0. The maximum absolute atomic E-state index is 12.7. The number of nitrogens with zero attached hydrogens (tertiary/aromatic N) is 1. The summed E-state index contributed by atoms with van der Waals surface area (Å²) in [4.78, 5) is 2.64. The molecular formula is C21H26N2O4S. The molecule has 0 spiro atoms. The van der Waals surface area contributed by atoms with E-state index in [4.69, 9.17) is 9.47 Å². The van der Waals surface area contributed by atoms with Crippen LogP contribution in [-0.2, 0) is 23.1 Å². The van der Waals surface area contributed by atoms with Gasteiger partial charge in [0.25, 0.3) is 0 Å². The van der Waals surface area contributed by atoms with Crippen molar-refractivity contribution in [1.29, 1.82) is 0 Å². The second-order valence-corrected chi connectivity index (χ2v) is 9.05. The zero-order valence-electron chi connectivity index (χ0n) is 15.9. The third-order valence-electron chi connectivity index (χ3n) is 5.14. The largest absolute Gasteiger partial charge is 0.486 e. The van der Waals surface area contributed by atoms with Crippen LogP contribution in [0.1, 0.15) is 30.4 Å². The smallest absolute Gasteiger partial charge is 0.241 e. The number of hydrogen-bond donors (Lipinski definition) is 1. The number of benzene rings is 2. The summed E-state index contributed by atoms with van der Waals surface area (Å²) >= 11 is 0. The molecule has 28 heavy (non-hydrogen) atoms. The highest BCUT2D eigenvalue weighted by Gasteiger charge is 2.19. The third kappa shape index (κ3) is 4.66. The maximum atomic E-state index is 12.7. The first-order valence-corrected chi connectivity index (χ1v) is 11.3. The number of rotatable bonds is 6. The van der Waals surface area contributed by atoms with Gasteiger partial charge in [0, 0.05) is 19.2 Å². The molecule has 0 radical (unpaired) electrons. The Morgan fingerprint density at radius 3 is 2.46 bits per heavy atom. The SMILES string of the molecule is O=S(=O)(NCc1cccc(CN2CCCCC2)c1)c1ccc2c(c1)OCCO2. The van der Waals surface area contributed by atoms with Crippen molar-refractivity contribution in [3.8, 4) is 11.5 Å². The van der Waals surface area contributed by atoms with Crippen LogP contribution >= 0.6 is 0 Å². The van der Waals surface area contributed by atoms with Crippen LogP contribution < -0.4 is 14.2 Å². The highest BCUT2D eigenvalue weighted by atomic mass is 32.2. The van der Waals surface area contributed by atoms with Gasteiger partial charge >= 0.3 is 0 Å². The highest BCUT2D eigenvalue weighted by molar-refractivity contribution is 7.89. The maximum Gasteiger partial charge on any atom is 0.241 e. The molecule has 0 aliphatic carbocycles. The van der Waals surface area contributed by atoms with Gasteiger partial charge in [-0.2, -0.15) is 0 Å². The van der Waals surface area contributed by atoms with Gasteiger partial charge in [-0.05, 0) is 49.2 Å². The van der Waals surface area contributed by atoms with Crippen LogP contribution in [0.15, 0.2) is 47.4 Å². The number of sulfonamides is 1. The van der Waals surface area contributed by atoms with Gasteiger partial charge in [0.15, 0.2) is 11.5 Å². The van der Waals surface area contributed by atoms with Crippen molar-refractivity contribution in [1.82, 2.24) is 9.62 Å². The number of nitrogens with one attached hydrogen (secondary N) is 1. The Morgan fingerprint density at radius 2 is 1.64 bits per heavy atom. The Bertz CT molecular complexity index is 924. The van der Waals surface area contributed by atoms with Crippen LogP contribution in [0.5, 0.6) is 11.5 Å². The molecule has 2 aliphatic rings. The minimum absolute atomic E-state index is 0.182. The molecule has 0 aromatic heterocycles. The van der Waals surface area contributed by atoms with E-state index in [1.165, 1.54) is 30.9 Å². The number of piperidine rings is 1. The molecule has 1 saturated heterocycles. The standard InChI is InChI=1S/C21H26N2O4S/c24-28(25,19-7-8-20-21(14-19)27-12-11-26-20)22-15-17-5-4-6-18(13-17)16-23-9-2-1-3-10-23/h4-8,13-14,22H,1-3,9-12,15-16H2. The lowest BCUT2D eigenvalue weighted by Crippen LogP contribution is -2.29. The summed E-state index contributed by atoms with van der Waals surface area (Å²) in [7, 11) is -3.63. The molecular weight excluding hydrogens is 376 g/mol. The molecule has 6 nitrogen and oxygen atoms in total. The molecule has 1 fully saturated rings. The number of hydrogen-bond acceptors (Lipinski definition) is 5. The quantitative estimate of drug-likeness (QED) is 0.805. The average Bonchev–Trinajstić information content (AvgIpc) is 2.73. The Labute approximate surface area is 166 Å². The summed E-state index contributed by atoms with van der Waals surface area (Å²) in [5, 5.41) is 0. The van der Waals surface area contributed by atoms with Gasteiger partial charge in [-0.3, -0.25) is 4.90 Å². The molecule has 150 valence electrons. The topological polar surface area (TPSA) is 67.9 Å². The van der Waals surface area contributed by atoms with E-state index in [0.29, 0.717) is 24.7 Å². The first-order chi connectivity index (χ1) is 13.6. The molecule has 0 amide bonds. The minimum Gasteiger partial charge on any atom is -0.486 e. The van der Waals surface area contributed by atoms with Crippen molar-refractivity contribution in [2.75, 3.05) is 26.3 Å². The average molecular weight is 403 g/mol. The zero-order chi connectivity index (χ0) is 19.4. The van der Waals surface area contributed by atoms with Crippen molar-refractivity contribution in [3.05, 3.63) is 53.6 Å². The van der Waals surface area contributed by atoms with Crippen LogP contribution in [0, 0.1) is 0 Å². The van der Waals surface area contributed by atoms with E-state index >= 15 is 0 Å². The fourth-order valence-corrected chi connectivity index (χ4v) is 4.70. The van der Waals surface area contributed by atoms with E-state index in [1.807, 2.05) is 12.1 Å². The lowest BCUT2D eigenvalue weighted by molar-refractivity contribution is 0.171. The first-order valence-electron chi connectivity index (χ1n) is 9.80. The molecule has 0 saturated carbocycles. The third-order valence-corrected chi connectivity index (χ3v) is 6.54. The van der Waals surface area contributed by atoms with Crippen molar-refractivity contribution in [2.45, 2.75) is 37.2 Å². The highest BCUT2D eigenvalue weighted by Crippen LogP contribution is 2.32. The van der Waals surface area contributed by atoms with Gasteiger partial charge in [-0.15, -0.1) is 0 Å². The Hall–Kier alpha value is -2.09. The first kappa shape index (κ1) is 19.2. The Balaban J connectivity index is 1.41. The van der Waals surface area contributed by atoms with Crippen molar-refractivity contribution in [3.63, 3.8) is 0 Å². The minimum atomic E-state index is -3.63.